The third-order valence-electron chi connectivity index (χ3n) is 4.68. The van der Waals surface area contributed by atoms with Crippen LogP contribution in [0.2, 0.25) is 0 Å². The van der Waals surface area contributed by atoms with E-state index in [1.54, 1.807) is 37.3 Å². The molecule has 3 rings (SSSR count). The number of nitrogens with one attached hydrogen (secondary N) is 3. The highest BCUT2D eigenvalue weighted by Crippen LogP contribution is 2.39. The quantitative estimate of drug-likeness (QED) is 0.590. The van der Waals surface area contributed by atoms with Crippen molar-refractivity contribution in [1.29, 1.82) is 0 Å². The number of anilines is 1. The number of benzene rings is 2. The first-order chi connectivity index (χ1) is 14.4. The molecule has 1 heterocycles. The summed E-state index contributed by atoms with van der Waals surface area (Å²) in [4.78, 5) is 25.4. The van der Waals surface area contributed by atoms with E-state index in [-0.39, 0.29) is 5.91 Å². The molecule has 3 amide bonds. The van der Waals surface area contributed by atoms with Gasteiger partial charge in [-0.1, -0.05) is 28.1 Å². The molecule has 8 nitrogen and oxygen atoms in total. The van der Waals surface area contributed by atoms with E-state index in [0.29, 0.717) is 44.2 Å². The second-order valence-corrected chi connectivity index (χ2v) is 7.31. The third kappa shape index (κ3) is 4.20. The highest BCUT2D eigenvalue weighted by Gasteiger charge is 2.33. The number of amides is 3. The molecule has 30 heavy (non-hydrogen) atoms. The molecule has 0 saturated heterocycles. The van der Waals surface area contributed by atoms with Crippen LogP contribution in [0, 0.1) is 0 Å². The van der Waals surface area contributed by atoms with Crippen molar-refractivity contribution in [3.05, 3.63) is 57.7 Å². The molecule has 0 spiro atoms. The van der Waals surface area contributed by atoms with Gasteiger partial charge in [-0.15, -0.1) is 0 Å². The fraction of sp³-hybridized carbons (Fsp3) is 0.238. The van der Waals surface area contributed by atoms with Gasteiger partial charge < -0.3 is 30.2 Å². The summed E-state index contributed by atoms with van der Waals surface area (Å²) in [5.41, 5.74) is 1.96. The first kappa shape index (κ1) is 21.5. The predicted molar refractivity (Wildman–Crippen MR) is 116 cm³/mol. The minimum atomic E-state index is -0.720. The fourth-order valence-corrected chi connectivity index (χ4v) is 3.81. The Morgan fingerprint density at radius 2 is 1.67 bits per heavy atom. The second-order valence-electron chi connectivity index (χ2n) is 6.45. The van der Waals surface area contributed by atoms with E-state index in [1.165, 1.54) is 21.3 Å². The van der Waals surface area contributed by atoms with Crippen LogP contribution in [0.1, 0.15) is 18.5 Å². The Labute approximate surface area is 182 Å². The summed E-state index contributed by atoms with van der Waals surface area (Å²) in [6, 6.07) is 9.42. The Balaban J connectivity index is 2.04. The number of rotatable bonds is 6. The monoisotopic (exact) mass is 475 g/mol. The van der Waals surface area contributed by atoms with Crippen LogP contribution in [0.4, 0.5) is 10.5 Å². The molecular formula is C21H22BrN3O5. The van der Waals surface area contributed by atoms with Crippen molar-refractivity contribution in [1.82, 2.24) is 10.6 Å². The average Bonchev–Trinajstić information content (AvgIpc) is 2.73. The first-order valence-electron chi connectivity index (χ1n) is 9.03. The first-order valence-corrected chi connectivity index (χ1v) is 9.83. The van der Waals surface area contributed by atoms with Crippen molar-refractivity contribution < 1.29 is 23.8 Å². The van der Waals surface area contributed by atoms with Gasteiger partial charge >= 0.3 is 6.03 Å². The average molecular weight is 476 g/mol. The molecule has 0 unspecified atom stereocenters. The molecular weight excluding hydrogens is 454 g/mol. The summed E-state index contributed by atoms with van der Waals surface area (Å²) in [5.74, 6) is 1.15. The molecule has 0 aliphatic carbocycles. The van der Waals surface area contributed by atoms with Crippen molar-refractivity contribution in [2.75, 3.05) is 26.6 Å². The molecule has 0 radical (unpaired) electrons. The van der Waals surface area contributed by atoms with Gasteiger partial charge in [-0.05, 0) is 36.8 Å². The zero-order valence-corrected chi connectivity index (χ0v) is 18.5. The number of methoxy groups -OCH3 is 3. The number of carbonyl (C=O) groups excluding carboxylic acids is 2. The molecule has 9 heteroatoms. The Morgan fingerprint density at radius 3 is 2.33 bits per heavy atom. The maximum atomic E-state index is 13.2. The number of hydrogen-bond acceptors (Lipinski definition) is 5. The number of para-hydroxylation sites is 2. The maximum absolute atomic E-state index is 13.2. The topological polar surface area (TPSA) is 97.9 Å². The minimum absolute atomic E-state index is 0.355. The summed E-state index contributed by atoms with van der Waals surface area (Å²) in [7, 11) is 4.58. The standard InChI is InChI=1S/C21H22BrN3O5/c1-11-18(20(26)24-14-7-5-6-8-15(14)28-2)19(25-21(27)23-11)12-9-16(29-3)17(30-4)10-13(12)22/h5-10,19H,1-4H3,(H,24,26)(H2,23,25,27)/t19-/m0/s1. The molecule has 1 atom stereocenters. The molecule has 1 aliphatic rings. The van der Waals surface area contributed by atoms with E-state index in [9.17, 15) is 9.59 Å². The largest absolute Gasteiger partial charge is 0.495 e. The smallest absolute Gasteiger partial charge is 0.319 e. The lowest BCUT2D eigenvalue weighted by Gasteiger charge is -2.30. The molecule has 2 aromatic carbocycles. The van der Waals surface area contributed by atoms with Gasteiger partial charge in [0, 0.05) is 10.2 Å². The van der Waals surface area contributed by atoms with Crippen LogP contribution in [-0.4, -0.2) is 33.3 Å². The van der Waals surface area contributed by atoms with Crippen molar-refractivity contribution in [3.8, 4) is 17.2 Å². The number of ether oxygens (including phenoxy) is 3. The highest BCUT2D eigenvalue weighted by molar-refractivity contribution is 9.10. The van der Waals surface area contributed by atoms with Crippen molar-refractivity contribution >= 4 is 33.6 Å². The van der Waals surface area contributed by atoms with Gasteiger partial charge in [-0.2, -0.15) is 0 Å². The van der Waals surface area contributed by atoms with E-state index < -0.39 is 12.1 Å². The van der Waals surface area contributed by atoms with Gasteiger partial charge in [0.25, 0.3) is 5.91 Å². The van der Waals surface area contributed by atoms with Gasteiger partial charge in [0.1, 0.15) is 5.75 Å². The summed E-state index contributed by atoms with van der Waals surface area (Å²) in [6.45, 7) is 1.68. The summed E-state index contributed by atoms with van der Waals surface area (Å²) in [5, 5.41) is 8.34. The van der Waals surface area contributed by atoms with Gasteiger partial charge in [0.2, 0.25) is 0 Å². The van der Waals surface area contributed by atoms with Crippen LogP contribution >= 0.6 is 15.9 Å². The fourth-order valence-electron chi connectivity index (χ4n) is 3.26. The number of urea groups is 1. The predicted octanol–water partition coefficient (Wildman–Crippen LogP) is 3.74. The number of hydrogen-bond donors (Lipinski definition) is 3. The minimum Gasteiger partial charge on any atom is -0.495 e. The Kier molecular flexibility index (Phi) is 6.51. The third-order valence-corrected chi connectivity index (χ3v) is 5.37. The molecule has 0 bridgehead atoms. The van der Waals surface area contributed by atoms with E-state index >= 15 is 0 Å². The zero-order chi connectivity index (χ0) is 21.8. The van der Waals surface area contributed by atoms with E-state index in [0.717, 1.165) is 0 Å². The highest BCUT2D eigenvalue weighted by atomic mass is 79.9. The summed E-state index contributed by atoms with van der Waals surface area (Å²) >= 11 is 3.51. The van der Waals surface area contributed by atoms with E-state index in [2.05, 4.69) is 31.9 Å². The van der Waals surface area contributed by atoms with Gasteiger partial charge in [0.05, 0.1) is 38.6 Å². The number of allylic oxidation sites excluding steroid dienone is 1. The molecule has 0 saturated carbocycles. The van der Waals surface area contributed by atoms with Crippen molar-refractivity contribution in [2.24, 2.45) is 0 Å². The summed E-state index contributed by atoms with van der Waals surface area (Å²) < 4.78 is 16.7. The van der Waals surface area contributed by atoms with Gasteiger partial charge in [-0.3, -0.25) is 4.79 Å². The molecule has 3 N–H and O–H groups in total. The zero-order valence-electron chi connectivity index (χ0n) is 17.0. The Hall–Kier alpha value is -3.20. The van der Waals surface area contributed by atoms with Crippen LogP contribution in [0.25, 0.3) is 0 Å². The lowest BCUT2D eigenvalue weighted by Crippen LogP contribution is -2.46. The molecule has 1 aliphatic heterocycles. The van der Waals surface area contributed by atoms with Crippen molar-refractivity contribution in [2.45, 2.75) is 13.0 Å². The van der Waals surface area contributed by atoms with Crippen LogP contribution in [-0.2, 0) is 4.79 Å². The SMILES string of the molecule is COc1ccccc1NC(=O)C1=C(C)NC(=O)N[C@H]1c1cc(OC)c(OC)cc1Br. The summed E-state index contributed by atoms with van der Waals surface area (Å²) in [6.07, 6.45) is 0. The van der Waals surface area contributed by atoms with Gasteiger partial charge in [-0.25, -0.2) is 4.79 Å². The van der Waals surface area contributed by atoms with Crippen molar-refractivity contribution in [3.63, 3.8) is 0 Å². The van der Waals surface area contributed by atoms with E-state index in [4.69, 9.17) is 14.2 Å². The molecule has 0 fully saturated rings. The van der Waals surface area contributed by atoms with E-state index in [1.807, 2.05) is 6.07 Å². The van der Waals surface area contributed by atoms with Crippen LogP contribution in [0.15, 0.2) is 52.1 Å². The maximum Gasteiger partial charge on any atom is 0.319 e. The number of carbonyl (C=O) groups is 2. The van der Waals surface area contributed by atoms with Crippen LogP contribution < -0.4 is 30.2 Å². The normalized spacial score (nSPS) is 15.8. The molecule has 158 valence electrons. The Bertz CT molecular complexity index is 1020. The lowest BCUT2D eigenvalue weighted by molar-refractivity contribution is -0.113. The van der Waals surface area contributed by atoms with Crippen LogP contribution in [0.3, 0.4) is 0 Å². The molecule has 2 aromatic rings. The second kappa shape index (κ2) is 9.08. The van der Waals surface area contributed by atoms with Crippen LogP contribution in [0.5, 0.6) is 17.2 Å². The Morgan fingerprint density at radius 1 is 1.03 bits per heavy atom. The van der Waals surface area contributed by atoms with Gasteiger partial charge in [0.15, 0.2) is 11.5 Å². The molecule has 0 aromatic heterocycles. The number of halogens is 1. The lowest BCUT2D eigenvalue weighted by atomic mass is 9.94.